The smallest absolute Gasteiger partial charge is 0.335 e. The molecule has 1 aliphatic rings. The number of rotatable bonds is 7. The highest BCUT2D eigenvalue weighted by Gasteiger charge is 2.23. The maximum Gasteiger partial charge on any atom is 0.335 e. The van der Waals surface area contributed by atoms with Crippen LogP contribution < -0.4 is 4.72 Å². The van der Waals surface area contributed by atoms with Gasteiger partial charge in [-0.15, -0.1) is 0 Å². The van der Waals surface area contributed by atoms with Gasteiger partial charge in [-0.1, -0.05) is 26.8 Å². The van der Waals surface area contributed by atoms with Gasteiger partial charge >= 0.3 is 5.97 Å². The zero-order valence-electron chi connectivity index (χ0n) is 15.2. The largest absolute Gasteiger partial charge is 0.478 e. The summed E-state index contributed by atoms with van der Waals surface area (Å²) in [6, 6.07) is 4.30. The standard InChI is InChI=1S/C18H28N2O4S/c1-13(2)16-7-6-15(18(21)22)11-17(16)25(23,24)19-8-10-20-9-4-5-14(3)12-20/h6-7,11,13-14,19H,4-5,8-10,12H2,1-3H3,(H,21,22). The summed E-state index contributed by atoms with van der Waals surface area (Å²) in [5.41, 5.74) is 0.610. The first-order valence-corrected chi connectivity index (χ1v) is 10.3. The molecule has 25 heavy (non-hydrogen) atoms. The van der Waals surface area contributed by atoms with Gasteiger partial charge in [-0.25, -0.2) is 17.9 Å². The minimum absolute atomic E-state index is 0.0163. The summed E-state index contributed by atoms with van der Waals surface area (Å²) in [6.07, 6.45) is 2.37. The molecule has 0 aromatic heterocycles. The molecule has 1 aromatic rings. The van der Waals surface area contributed by atoms with Gasteiger partial charge in [-0.3, -0.25) is 0 Å². The average molecular weight is 368 g/mol. The van der Waals surface area contributed by atoms with E-state index in [2.05, 4.69) is 16.5 Å². The SMILES string of the molecule is CC1CCCN(CCNS(=O)(=O)c2cc(C(=O)O)ccc2C(C)C)C1. The van der Waals surface area contributed by atoms with Gasteiger partial charge in [0.2, 0.25) is 10.0 Å². The Morgan fingerprint density at radius 3 is 2.72 bits per heavy atom. The third kappa shape index (κ3) is 5.26. The van der Waals surface area contributed by atoms with E-state index in [1.165, 1.54) is 18.6 Å². The quantitative estimate of drug-likeness (QED) is 0.772. The van der Waals surface area contributed by atoms with E-state index in [0.29, 0.717) is 24.6 Å². The molecule has 6 nitrogen and oxygen atoms in total. The van der Waals surface area contributed by atoms with Crippen LogP contribution in [0.2, 0.25) is 0 Å². The van der Waals surface area contributed by atoms with Crippen molar-refractivity contribution < 1.29 is 18.3 Å². The number of benzene rings is 1. The Hall–Kier alpha value is -1.44. The van der Waals surface area contributed by atoms with E-state index in [-0.39, 0.29) is 16.4 Å². The summed E-state index contributed by atoms with van der Waals surface area (Å²) in [4.78, 5) is 13.5. The van der Waals surface area contributed by atoms with Crippen molar-refractivity contribution in [2.45, 2.75) is 44.4 Å². The lowest BCUT2D eigenvalue weighted by molar-refractivity contribution is 0.0696. The molecule has 0 spiro atoms. The summed E-state index contributed by atoms with van der Waals surface area (Å²) < 4.78 is 28.1. The molecule has 1 unspecified atom stereocenters. The molecule has 2 N–H and O–H groups in total. The van der Waals surface area contributed by atoms with Gasteiger partial charge < -0.3 is 10.0 Å². The number of carboxylic acids is 1. The van der Waals surface area contributed by atoms with Crippen LogP contribution in [0.4, 0.5) is 0 Å². The van der Waals surface area contributed by atoms with Crippen molar-refractivity contribution in [2.24, 2.45) is 5.92 Å². The Morgan fingerprint density at radius 2 is 2.12 bits per heavy atom. The van der Waals surface area contributed by atoms with Crippen molar-refractivity contribution in [3.63, 3.8) is 0 Å². The third-order valence-corrected chi connectivity index (χ3v) is 6.15. The van der Waals surface area contributed by atoms with E-state index in [4.69, 9.17) is 5.11 Å². The minimum atomic E-state index is -3.75. The number of aromatic carboxylic acids is 1. The summed E-state index contributed by atoms with van der Waals surface area (Å²) in [6.45, 7) is 8.98. The molecule has 1 fully saturated rings. The maximum absolute atomic E-state index is 12.7. The van der Waals surface area contributed by atoms with Gasteiger partial charge in [0, 0.05) is 19.6 Å². The fourth-order valence-electron chi connectivity index (χ4n) is 3.28. The fraction of sp³-hybridized carbons (Fsp3) is 0.611. The Morgan fingerprint density at radius 1 is 1.40 bits per heavy atom. The van der Waals surface area contributed by atoms with Crippen molar-refractivity contribution in [3.05, 3.63) is 29.3 Å². The second-order valence-corrected chi connectivity index (χ2v) is 8.89. The predicted molar refractivity (Wildman–Crippen MR) is 97.5 cm³/mol. The molecular weight excluding hydrogens is 340 g/mol. The number of carboxylic acid groups (broad SMARTS) is 1. The number of hydrogen-bond acceptors (Lipinski definition) is 4. The average Bonchev–Trinajstić information content (AvgIpc) is 2.54. The van der Waals surface area contributed by atoms with Crippen LogP contribution in [0.1, 0.15) is 55.5 Å². The Balaban J connectivity index is 2.12. The molecule has 1 heterocycles. The van der Waals surface area contributed by atoms with Crippen molar-refractivity contribution >= 4 is 16.0 Å². The van der Waals surface area contributed by atoms with Gasteiger partial charge in [-0.2, -0.15) is 0 Å². The first kappa shape index (κ1) is 19.9. The fourth-order valence-corrected chi connectivity index (χ4v) is 4.69. The van der Waals surface area contributed by atoms with Crippen LogP contribution in [0.25, 0.3) is 0 Å². The maximum atomic E-state index is 12.7. The van der Waals surface area contributed by atoms with Crippen molar-refractivity contribution in [1.29, 1.82) is 0 Å². The summed E-state index contributed by atoms with van der Waals surface area (Å²) in [7, 11) is -3.75. The van der Waals surface area contributed by atoms with Crippen LogP contribution in [-0.2, 0) is 10.0 Å². The Kier molecular flexibility index (Phi) is 6.59. The monoisotopic (exact) mass is 368 g/mol. The number of likely N-dealkylation sites (tertiary alicyclic amines) is 1. The predicted octanol–water partition coefficient (Wildman–Crippen LogP) is 2.52. The van der Waals surface area contributed by atoms with Gasteiger partial charge in [0.05, 0.1) is 10.5 Å². The van der Waals surface area contributed by atoms with Crippen LogP contribution in [0.15, 0.2) is 23.1 Å². The molecule has 0 saturated carbocycles. The van der Waals surface area contributed by atoms with Gasteiger partial charge in [0.25, 0.3) is 0 Å². The highest BCUT2D eigenvalue weighted by molar-refractivity contribution is 7.89. The molecule has 2 rings (SSSR count). The molecule has 0 amide bonds. The molecular formula is C18H28N2O4S. The lowest BCUT2D eigenvalue weighted by Crippen LogP contribution is -2.40. The molecule has 1 aromatic carbocycles. The number of sulfonamides is 1. The van der Waals surface area contributed by atoms with Crippen LogP contribution in [0, 0.1) is 5.92 Å². The van der Waals surface area contributed by atoms with Crippen molar-refractivity contribution in [3.8, 4) is 0 Å². The van der Waals surface area contributed by atoms with E-state index in [1.807, 2.05) is 13.8 Å². The highest BCUT2D eigenvalue weighted by Crippen LogP contribution is 2.25. The van der Waals surface area contributed by atoms with Crippen LogP contribution in [-0.4, -0.2) is 50.6 Å². The highest BCUT2D eigenvalue weighted by atomic mass is 32.2. The van der Waals surface area contributed by atoms with Gasteiger partial charge in [0.15, 0.2) is 0 Å². The molecule has 1 saturated heterocycles. The second-order valence-electron chi connectivity index (χ2n) is 7.16. The molecule has 7 heteroatoms. The van der Waals surface area contributed by atoms with E-state index in [0.717, 1.165) is 19.5 Å². The molecule has 140 valence electrons. The first-order valence-electron chi connectivity index (χ1n) is 8.80. The summed E-state index contributed by atoms with van der Waals surface area (Å²) in [5.74, 6) is -0.503. The zero-order valence-corrected chi connectivity index (χ0v) is 16.0. The minimum Gasteiger partial charge on any atom is -0.478 e. The Labute approximate surface area is 150 Å². The van der Waals surface area contributed by atoms with E-state index < -0.39 is 16.0 Å². The third-order valence-electron chi connectivity index (χ3n) is 4.63. The van der Waals surface area contributed by atoms with E-state index in [1.54, 1.807) is 6.07 Å². The number of piperidine rings is 1. The molecule has 1 atom stereocenters. The van der Waals surface area contributed by atoms with Crippen LogP contribution >= 0.6 is 0 Å². The topological polar surface area (TPSA) is 86.7 Å². The second kappa shape index (κ2) is 8.29. The van der Waals surface area contributed by atoms with Gasteiger partial charge in [-0.05, 0) is 48.9 Å². The molecule has 0 bridgehead atoms. The number of nitrogens with one attached hydrogen (secondary N) is 1. The summed E-state index contributed by atoms with van der Waals surface area (Å²) in [5, 5.41) is 9.15. The first-order chi connectivity index (χ1) is 11.7. The van der Waals surface area contributed by atoms with Crippen LogP contribution in [0.5, 0.6) is 0 Å². The molecule has 0 aliphatic carbocycles. The Bertz CT molecular complexity index is 716. The van der Waals surface area contributed by atoms with E-state index >= 15 is 0 Å². The number of carbonyl (C=O) groups is 1. The lowest BCUT2D eigenvalue weighted by atomic mass is 10.0. The molecule has 1 aliphatic heterocycles. The van der Waals surface area contributed by atoms with Crippen molar-refractivity contribution in [2.75, 3.05) is 26.2 Å². The summed E-state index contributed by atoms with van der Waals surface area (Å²) >= 11 is 0. The lowest BCUT2D eigenvalue weighted by Gasteiger charge is -2.30. The van der Waals surface area contributed by atoms with Crippen molar-refractivity contribution in [1.82, 2.24) is 9.62 Å². The van der Waals surface area contributed by atoms with E-state index in [9.17, 15) is 13.2 Å². The number of nitrogens with zero attached hydrogens (tertiary/aromatic N) is 1. The molecule has 0 radical (unpaired) electrons. The number of hydrogen-bond donors (Lipinski definition) is 2. The normalized spacial score (nSPS) is 19.3. The zero-order chi connectivity index (χ0) is 18.6. The van der Waals surface area contributed by atoms with Crippen LogP contribution in [0.3, 0.4) is 0 Å². The van der Waals surface area contributed by atoms with Gasteiger partial charge in [0.1, 0.15) is 0 Å².